The number of nitrogens with zero attached hydrogens (tertiary/aromatic N) is 2. The first-order valence-corrected chi connectivity index (χ1v) is 5.01. The van der Waals surface area contributed by atoms with Gasteiger partial charge in [-0.3, -0.25) is 0 Å². The van der Waals surface area contributed by atoms with Crippen LogP contribution in [-0.2, 0) is 4.74 Å². The number of nitrogens with two attached hydrogens (primary N) is 2. The maximum absolute atomic E-state index is 6.93. The van der Waals surface area contributed by atoms with Gasteiger partial charge in [-0.05, 0) is 18.2 Å². The number of ether oxygens (including phenoxy) is 1. The van der Waals surface area contributed by atoms with Gasteiger partial charge in [-0.25, -0.2) is 5.53 Å². The lowest BCUT2D eigenvalue weighted by Gasteiger charge is -2.10. The van der Waals surface area contributed by atoms with Crippen LogP contribution in [0.25, 0.3) is 0 Å². The van der Waals surface area contributed by atoms with E-state index in [2.05, 4.69) is 15.5 Å². The lowest BCUT2D eigenvalue weighted by atomic mass is 10.1. The second kappa shape index (κ2) is 6.44. The van der Waals surface area contributed by atoms with Crippen LogP contribution < -0.4 is 16.9 Å². The lowest BCUT2D eigenvalue weighted by Crippen LogP contribution is -2.10. The first-order chi connectivity index (χ1) is 8.22. The van der Waals surface area contributed by atoms with Crippen molar-refractivity contribution in [2.24, 2.45) is 16.1 Å². The van der Waals surface area contributed by atoms with Crippen molar-refractivity contribution in [1.82, 2.24) is 0 Å². The predicted octanol–water partition coefficient (Wildman–Crippen LogP) is 0.978. The second-order valence-corrected chi connectivity index (χ2v) is 3.29. The van der Waals surface area contributed by atoms with Crippen molar-refractivity contribution in [3.63, 3.8) is 0 Å². The average molecular weight is 236 g/mol. The van der Waals surface area contributed by atoms with Gasteiger partial charge in [0.1, 0.15) is 0 Å². The number of benzene rings is 1. The Balaban J connectivity index is 2.90. The molecule has 0 radical (unpaired) electrons. The third-order valence-electron chi connectivity index (χ3n) is 2.16. The zero-order valence-electron chi connectivity index (χ0n) is 9.60. The van der Waals surface area contributed by atoms with Crippen LogP contribution in [0.5, 0.6) is 0 Å². The molecular formula is C10H16N6O. The minimum atomic E-state index is 0.153. The summed E-state index contributed by atoms with van der Waals surface area (Å²) in [6.07, 6.45) is 0. The third-order valence-corrected chi connectivity index (χ3v) is 2.16. The highest BCUT2D eigenvalue weighted by Crippen LogP contribution is 2.20. The van der Waals surface area contributed by atoms with Gasteiger partial charge in [0.15, 0.2) is 5.84 Å². The van der Waals surface area contributed by atoms with Gasteiger partial charge in [-0.15, -0.1) is 5.11 Å². The van der Waals surface area contributed by atoms with Gasteiger partial charge >= 0.3 is 0 Å². The average Bonchev–Trinajstić information content (AvgIpc) is 2.34. The summed E-state index contributed by atoms with van der Waals surface area (Å²) in [4.78, 5) is 0. The molecule has 6 N–H and O–H groups in total. The van der Waals surface area contributed by atoms with Crippen molar-refractivity contribution in [1.29, 1.82) is 5.53 Å². The number of rotatable bonds is 5. The molecule has 0 aliphatic rings. The van der Waals surface area contributed by atoms with Crippen molar-refractivity contribution in [2.75, 3.05) is 31.3 Å². The number of methoxy groups -OCH3 is 1. The molecule has 7 heteroatoms. The molecule has 0 bridgehead atoms. The summed E-state index contributed by atoms with van der Waals surface area (Å²) in [6, 6.07) is 5.16. The Bertz CT molecular complexity index is 417. The molecule has 0 heterocycles. The standard InChI is InChI=1S/C10H16N6O/c1-17-5-4-14-9-6-7(2-3-8(9)11)10(15-12)16-13/h2-3,6,12,14H,4-5,11,13H2,1H3/b15-12?,16-10-. The fourth-order valence-electron chi connectivity index (χ4n) is 1.30. The van der Waals surface area contributed by atoms with Crippen LogP contribution in [0.4, 0.5) is 11.4 Å². The molecule has 0 aromatic heterocycles. The second-order valence-electron chi connectivity index (χ2n) is 3.29. The van der Waals surface area contributed by atoms with Crippen LogP contribution in [0, 0.1) is 5.53 Å². The van der Waals surface area contributed by atoms with Crippen LogP contribution in [0.15, 0.2) is 28.4 Å². The highest BCUT2D eigenvalue weighted by Gasteiger charge is 2.05. The summed E-state index contributed by atoms with van der Waals surface area (Å²) >= 11 is 0. The normalized spacial score (nSPS) is 11.2. The molecular weight excluding hydrogens is 220 g/mol. The molecule has 0 spiro atoms. The maximum atomic E-state index is 6.93. The van der Waals surface area contributed by atoms with E-state index in [9.17, 15) is 0 Å². The van der Waals surface area contributed by atoms with E-state index < -0.39 is 0 Å². The van der Waals surface area contributed by atoms with E-state index in [1.165, 1.54) is 0 Å². The Morgan fingerprint density at radius 3 is 2.88 bits per heavy atom. The molecule has 0 aliphatic heterocycles. The summed E-state index contributed by atoms with van der Waals surface area (Å²) in [5, 5.41) is 9.75. The SMILES string of the molecule is COCCNc1cc(/C(N=N)=N/N)ccc1N. The quantitative estimate of drug-likeness (QED) is 0.116. The molecule has 0 unspecified atom stereocenters. The number of amidine groups is 1. The summed E-state index contributed by atoms with van der Waals surface area (Å²) in [6.45, 7) is 1.21. The van der Waals surface area contributed by atoms with Gasteiger partial charge in [0.2, 0.25) is 0 Å². The fourth-order valence-corrected chi connectivity index (χ4v) is 1.30. The highest BCUT2D eigenvalue weighted by molar-refractivity contribution is 6.00. The molecule has 0 amide bonds. The van der Waals surface area contributed by atoms with E-state index in [0.717, 1.165) is 5.69 Å². The van der Waals surface area contributed by atoms with Gasteiger partial charge in [0, 0.05) is 19.2 Å². The number of hydrazone groups is 1. The molecule has 0 aliphatic carbocycles. The molecule has 92 valence electrons. The molecule has 7 nitrogen and oxygen atoms in total. The van der Waals surface area contributed by atoms with Crippen LogP contribution >= 0.6 is 0 Å². The number of nitrogens with one attached hydrogen (secondary N) is 2. The largest absolute Gasteiger partial charge is 0.397 e. The fraction of sp³-hybridized carbons (Fsp3) is 0.300. The summed E-state index contributed by atoms with van der Waals surface area (Å²) < 4.78 is 4.93. The first-order valence-electron chi connectivity index (χ1n) is 5.01. The summed E-state index contributed by atoms with van der Waals surface area (Å²) in [5.74, 6) is 5.28. The Morgan fingerprint density at radius 2 is 2.29 bits per heavy atom. The molecule has 0 saturated heterocycles. The number of nitrogen functional groups attached to an aromatic ring is 1. The van der Waals surface area contributed by atoms with Gasteiger partial charge in [0.25, 0.3) is 0 Å². The molecule has 0 fully saturated rings. The number of anilines is 2. The topological polar surface area (TPSA) is 122 Å². The Labute approximate surface area is 99.3 Å². The first kappa shape index (κ1) is 12.9. The smallest absolute Gasteiger partial charge is 0.199 e. The Hall–Kier alpha value is -2.15. The van der Waals surface area contributed by atoms with E-state index in [0.29, 0.717) is 24.4 Å². The minimum Gasteiger partial charge on any atom is -0.397 e. The van der Waals surface area contributed by atoms with E-state index in [4.69, 9.17) is 21.8 Å². The van der Waals surface area contributed by atoms with E-state index >= 15 is 0 Å². The van der Waals surface area contributed by atoms with Crippen molar-refractivity contribution in [2.45, 2.75) is 0 Å². The monoisotopic (exact) mass is 236 g/mol. The maximum Gasteiger partial charge on any atom is 0.199 e. The van der Waals surface area contributed by atoms with Crippen LogP contribution in [0.1, 0.15) is 5.56 Å². The highest BCUT2D eigenvalue weighted by atomic mass is 16.5. The van der Waals surface area contributed by atoms with Gasteiger partial charge < -0.3 is 21.6 Å². The number of hydrogen-bond acceptors (Lipinski definition) is 6. The van der Waals surface area contributed by atoms with Crippen molar-refractivity contribution < 1.29 is 4.74 Å². The zero-order chi connectivity index (χ0) is 12.7. The minimum absolute atomic E-state index is 0.153. The molecule has 1 aromatic carbocycles. The Kier molecular flexibility index (Phi) is 4.89. The van der Waals surface area contributed by atoms with Gasteiger partial charge in [-0.2, -0.15) is 5.10 Å². The number of hydrogen-bond donors (Lipinski definition) is 4. The summed E-state index contributed by atoms with van der Waals surface area (Å²) in [5.41, 5.74) is 14.7. The lowest BCUT2D eigenvalue weighted by molar-refractivity contribution is 0.211. The van der Waals surface area contributed by atoms with Crippen molar-refractivity contribution >= 4 is 17.2 Å². The predicted molar refractivity (Wildman–Crippen MR) is 67.1 cm³/mol. The molecule has 1 aromatic rings. The van der Waals surface area contributed by atoms with Crippen LogP contribution in [0.2, 0.25) is 0 Å². The van der Waals surface area contributed by atoms with Gasteiger partial charge in [0.05, 0.1) is 18.0 Å². The molecule has 0 saturated carbocycles. The van der Waals surface area contributed by atoms with Crippen LogP contribution in [0.3, 0.4) is 0 Å². The molecule has 0 atom stereocenters. The van der Waals surface area contributed by atoms with Gasteiger partial charge in [-0.1, -0.05) is 0 Å². The Morgan fingerprint density at radius 1 is 1.53 bits per heavy atom. The van der Waals surface area contributed by atoms with E-state index in [1.54, 1.807) is 25.3 Å². The van der Waals surface area contributed by atoms with Crippen molar-refractivity contribution in [3.05, 3.63) is 23.8 Å². The third kappa shape index (κ3) is 3.42. The zero-order valence-corrected chi connectivity index (χ0v) is 9.60. The summed E-state index contributed by atoms with van der Waals surface area (Å²) in [7, 11) is 1.62. The van der Waals surface area contributed by atoms with E-state index in [-0.39, 0.29) is 5.84 Å². The van der Waals surface area contributed by atoms with Crippen molar-refractivity contribution in [3.8, 4) is 0 Å². The van der Waals surface area contributed by atoms with E-state index in [1.807, 2.05) is 0 Å². The molecule has 1 rings (SSSR count). The van der Waals surface area contributed by atoms with Crippen LogP contribution in [-0.4, -0.2) is 26.1 Å². The molecule has 17 heavy (non-hydrogen) atoms.